The van der Waals surface area contributed by atoms with Gasteiger partial charge < -0.3 is 19.9 Å². The number of anilines is 1. The summed E-state index contributed by atoms with van der Waals surface area (Å²) in [7, 11) is 3.73. The normalized spacial score (nSPS) is 16.3. The number of aromatic nitrogens is 1. The molecule has 1 aliphatic heterocycles. The minimum atomic E-state index is -0.167. The molecule has 1 amide bonds. The summed E-state index contributed by atoms with van der Waals surface area (Å²) < 4.78 is 5.24. The van der Waals surface area contributed by atoms with Gasteiger partial charge in [0.05, 0.1) is 12.7 Å². The molecule has 2 heterocycles. The first kappa shape index (κ1) is 15.6. The highest BCUT2D eigenvalue weighted by molar-refractivity contribution is 6.05. The number of para-hydroxylation sites is 1. The topological polar surface area (TPSA) is 57.4 Å². The fraction of sp³-hybridized carbons (Fsp3) is 0.389. The monoisotopic (exact) mass is 313 g/mol. The third-order valence-corrected chi connectivity index (χ3v) is 4.50. The van der Waals surface area contributed by atoms with E-state index >= 15 is 0 Å². The van der Waals surface area contributed by atoms with E-state index in [0.717, 1.165) is 31.7 Å². The molecule has 2 N–H and O–H groups in total. The summed E-state index contributed by atoms with van der Waals surface area (Å²) in [6.45, 7) is 2.25. The van der Waals surface area contributed by atoms with Gasteiger partial charge in [-0.1, -0.05) is 12.1 Å². The van der Waals surface area contributed by atoms with Gasteiger partial charge in [0, 0.05) is 6.20 Å². The van der Waals surface area contributed by atoms with Gasteiger partial charge in [-0.25, -0.2) is 0 Å². The molecular formula is C18H23N3O2. The van der Waals surface area contributed by atoms with Gasteiger partial charge in [-0.3, -0.25) is 4.79 Å². The second-order valence-corrected chi connectivity index (χ2v) is 6.08. The van der Waals surface area contributed by atoms with E-state index in [0.29, 0.717) is 17.2 Å². The van der Waals surface area contributed by atoms with Crippen LogP contribution in [0.3, 0.4) is 0 Å². The third-order valence-electron chi connectivity index (χ3n) is 4.50. The van der Waals surface area contributed by atoms with Gasteiger partial charge in [-0.05, 0) is 62.7 Å². The van der Waals surface area contributed by atoms with Crippen molar-refractivity contribution in [2.75, 3.05) is 32.6 Å². The molecule has 1 aromatic carbocycles. The SMILES string of the molecule is COc1ccccc1C(=O)Nc1cc(C2CCN(C)CC2)c[nH]1. The molecule has 0 aliphatic carbocycles. The van der Waals surface area contributed by atoms with E-state index in [4.69, 9.17) is 4.74 Å². The van der Waals surface area contributed by atoms with Crippen LogP contribution >= 0.6 is 0 Å². The maximum atomic E-state index is 12.4. The largest absolute Gasteiger partial charge is 0.496 e. The molecule has 0 atom stereocenters. The number of hydrogen-bond acceptors (Lipinski definition) is 3. The van der Waals surface area contributed by atoms with Crippen LogP contribution in [-0.2, 0) is 0 Å². The predicted molar refractivity (Wildman–Crippen MR) is 91.2 cm³/mol. The zero-order valence-electron chi connectivity index (χ0n) is 13.6. The van der Waals surface area contributed by atoms with Crippen molar-refractivity contribution < 1.29 is 9.53 Å². The molecule has 1 fully saturated rings. The summed E-state index contributed by atoms with van der Waals surface area (Å²) in [6, 6.07) is 9.27. The molecule has 0 saturated carbocycles. The summed E-state index contributed by atoms with van der Waals surface area (Å²) in [5.74, 6) is 1.71. The average Bonchev–Trinajstić information content (AvgIpc) is 3.04. The number of piperidine rings is 1. The van der Waals surface area contributed by atoms with Crippen LogP contribution in [-0.4, -0.2) is 43.0 Å². The third kappa shape index (κ3) is 3.56. The number of hydrogen-bond donors (Lipinski definition) is 2. The molecule has 0 unspecified atom stereocenters. The number of rotatable bonds is 4. The molecule has 1 aliphatic rings. The van der Waals surface area contributed by atoms with Gasteiger partial charge in [0.2, 0.25) is 0 Å². The maximum absolute atomic E-state index is 12.4. The van der Waals surface area contributed by atoms with E-state index in [1.54, 1.807) is 19.2 Å². The molecule has 1 saturated heterocycles. The molecule has 2 aromatic rings. The van der Waals surface area contributed by atoms with Crippen molar-refractivity contribution >= 4 is 11.7 Å². The van der Waals surface area contributed by atoms with Crippen molar-refractivity contribution in [3.8, 4) is 5.75 Å². The molecular weight excluding hydrogens is 290 g/mol. The van der Waals surface area contributed by atoms with Crippen LogP contribution < -0.4 is 10.1 Å². The number of benzene rings is 1. The Kier molecular flexibility index (Phi) is 4.67. The Morgan fingerprint density at radius 2 is 2.04 bits per heavy atom. The van der Waals surface area contributed by atoms with Gasteiger partial charge in [-0.15, -0.1) is 0 Å². The van der Waals surface area contributed by atoms with Crippen LogP contribution in [0.15, 0.2) is 36.5 Å². The van der Waals surface area contributed by atoms with Gasteiger partial charge in [-0.2, -0.15) is 0 Å². The van der Waals surface area contributed by atoms with Crippen LogP contribution in [0.4, 0.5) is 5.82 Å². The van der Waals surface area contributed by atoms with Gasteiger partial charge in [0.15, 0.2) is 0 Å². The van der Waals surface area contributed by atoms with Gasteiger partial charge >= 0.3 is 0 Å². The quantitative estimate of drug-likeness (QED) is 0.912. The van der Waals surface area contributed by atoms with E-state index in [2.05, 4.69) is 22.2 Å². The van der Waals surface area contributed by atoms with Crippen molar-refractivity contribution in [1.29, 1.82) is 0 Å². The molecule has 122 valence electrons. The number of aromatic amines is 1. The number of nitrogens with zero attached hydrogens (tertiary/aromatic N) is 1. The van der Waals surface area contributed by atoms with Gasteiger partial charge in [0.25, 0.3) is 5.91 Å². The first-order chi connectivity index (χ1) is 11.2. The van der Waals surface area contributed by atoms with Crippen molar-refractivity contribution in [2.24, 2.45) is 0 Å². The lowest BCUT2D eigenvalue weighted by molar-refractivity contribution is 0.102. The molecule has 5 nitrogen and oxygen atoms in total. The number of amides is 1. The fourth-order valence-electron chi connectivity index (χ4n) is 3.08. The minimum absolute atomic E-state index is 0.167. The number of ether oxygens (including phenoxy) is 1. The Morgan fingerprint density at radius 1 is 1.30 bits per heavy atom. The molecule has 23 heavy (non-hydrogen) atoms. The molecule has 1 aromatic heterocycles. The summed E-state index contributed by atoms with van der Waals surface area (Å²) in [5, 5.41) is 2.92. The smallest absolute Gasteiger partial charge is 0.260 e. The highest BCUT2D eigenvalue weighted by Crippen LogP contribution is 2.29. The van der Waals surface area contributed by atoms with Crippen molar-refractivity contribution in [3.63, 3.8) is 0 Å². The van der Waals surface area contributed by atoms with Crippen LogP contribution in [0.2, 0.25) is 0 Å². The summed E-state index contributed by atoms with van der Waals surface area (Å²) >= 11 is 0. The summed E-state index contributed by atoms with van der Waals surface area (Å²) in [5.41, 5.74) is 1.80. The lowest BCUT2D eigenvalue weighted by Crippen LogP contribution is -2.29. The fourth-order valence-corrected chi connectivity index (χ4v) is 3.08. The number of carbonyl (C=O) groups is 1. The highest BCUT2D eigenvalue weighted by atomic mass is 16.5. The second-order valence-electron chi connectivity index (χ2n) is 6.08. The van der Waals surface area contributed by atoms with E-state index in [9.17, 15) is 4.79 Å². The molecule has 3 rings (SSSR count). The first-order valence-corrected chi connectivity index (χ1v) is 7.98. The zero-order valence-corrected chi connectivity index (χ0v) is 13.6. The number of nitrogens with one attached hydrogen (secondary N) is 2. The van der Waals surface area contributed by atoms with Crippen molar-refractivity contribution in [1.82, 2.24) is 9.88 Å². The molecule has 5 heteroatoms. The second kappa shape index (κ2) is 6.87. The highest BCUT2D eigenvalue weighted by Gasteiger charge is 2.20. The first-order valence-electron chi connectivity index (χ1n) is 7.98. The Bertz CT molecular complexity index is 672. The standard InChI is InChI=1S/C18H23N3O2/c1-21-9-7-13(8-10-21)14-11-17(19-12-14)20-18(22)15-5-3-4-6-16(15)23-2/h3-6,11-13,19H,7-10H2,1-2H3,(H,20,22). The van der Waals surface area contributed by atoms with Crippen molar-refractivity contribution in [2.45, 2.75) is 18.8 Å². The molecule has 0 bridgehead atoms. The Morgan fingerprint density at radius 3 is 2.78 bits per heavy atom. The van der Waals surface area contributed by atoms with Gasteiger partial charge in [0.1, 0.15) is 11.6 Å². The van der Waals surface area contributed by atoms with Crippen LogP contribution in [0, 0.1) is 0 Å². The van der Waals surface area contributed by atoms with E-state index in [-0.39, 0.29) is 5.91 Å². The van der Waals surface area contributed by atoms with Crippen LogP contribution in [0.25, 0.3) is 0 Å². The Labute approximate surface area is 136 Å². The number of H-pyrrole nitrogens is 1. The van der Waals surface area contributed by atoms with Crippen LogP contribution in [0.5, 0.6) is 5.75 Å². The van der Waals surface area contributed by atoms with E-state index in [1.165, 1.54) is 5.56 Å². The lowest BCUT2D eigenvalue weighted by Gasteiger charge is -2.28. The number of likely N-dealkylation sites (tertiary alicyclic amines) is 1. The lowest BCUT2D eigenvalue weighted by atomic mass is 9.91. The zero-order chi connectivity index (χ0) is 16.2. The molecule has 0 spiro atoms. The van der Waals surface area contributed by atoms with E-state index < -0.39 is 0 Å². The maximum Gasteiger partial charge on any atom is 0.260 e. The Balaban J connectivity index is 1.68. The summed E-state index contributed by atoms with van der Waals surface area (Å²) in [6.07, 6.45) is 4.33. The minimum Gasteiger partial charge on any atom is -0.496 e. The Hall–Kier alpha value is -2.27. The van der Waals surface area contributed by atoms with E-state index in [1.807, 2.05) is 24.4 Å². The number of methoxy groups -OCH3 is 1. The van der Waals surface area contributed by atoms with Crippen molar-refractivity contribution in [3.05, 3.63) is 47.7 Å². The van der Waals surface area contributed by atoms with Crippen LogP contribution in [0.1, 0.15) is 34.7 Å². The average molecular weight is 313 g/mol. The molecule has 0 radical (unpaired) electrons. The predicted octanol–water partition coefficient (Wildman–Crippen LogP) is 3.08. The summed E-state index contributed by atoms with van der Waals surface area (Å²) in [4.78, 5) is 17.9. The number of carbonyl (C=O) groups excluding carboxylic acids is 1.